The number of ketones is 1. The van der Waals surface area contributed by atoms with Crippen LogP contribution in [0.15, 0.2) is 24.3 Å². The van der Waals surface area contributed by atoms with E-state index >= 15 is 0 Å². The Bertz CT molecular complexity index is 631. The molecular weight excluding hydrogens is 274 g/mol. The van der Waals surface area contributed by atoms with Gasteiger partial charge in [-0.15, -0.1) is 0 Å². The maximum absolute atomic E-state index is 13.0. The average Bonchev–Trinajstić information content (AvgIpc) is 2.78. The fourth-order valence-electron chi connectivity index (χ4n) is 4.44. The minimum absolute atomic E-state index is 0.0105. The minimum atomic E-state index is -0.553. The smallest absolute Gasteiger partial charge is 0.231 e. The molecule has 0 saturated heterocycles. The van der Waals surface area contributed by atoms with E-state index in [1.807, 2.05) is 31.2 Å². The second kappa shape index (κ2) is 4.68. The standard InChI is InChI=1S/C19H25NO2/c1-5-13-6-8-14(9-7-13)20-16(22)19-11-10-18(4,15(21)12-19)17(19,2)3/h6-9H,5,10-12H2,1-4H3,(H,20,22)/t18-,19+/m0/s1. The van der Waals surface area contributed by atoms with E-state index in [2.05, 4.69) is 26.1 Å². The van der Waals surface area contributed by atoms with Gasteiger partial charge in [0.15, 0.2) is 0 Å². The summed E-state index contributed by atoms with van der Waals surface area (Å²) in [5.41, 5.74) is 0.879. The van der Waals surface area contributed by atoms with Crippen molar-refractivity contribution in [2.24, 2.45) is 16.2 Å². The number of aryl methyl sites for hydroxylation is 1. The van der Waals surface area contributed by atoms with Gasteiger partial charge in [0.2, 0.25) is 5.91 Å². The Hall–Kier alpha value is -1.64. The van der Waals surface area contributed by atoms with E-state index in [-0.39, 0.29) is 22.5 Å². The highest BCUT2D eigenvalue weighted by atomic mass is 16.2. The van der Waals surface area contributed by atoms with Crippen molar-refractivity contribution in [3.05, 3.63) is 29.8 Å². The summed E-state index contributed by atoms with van der Waals surface area (Å²) in [6.45, 7) is 8.32. The van der Waals surface area contributed by atoms with Gasteiger partial charge in [0, 0.05) is 17.5 Å². The van der Waals surface area contributed by atoms with Crippen LogP contribution in [0.4, 0.5) is 5.69 Å². The van der Waals surface area contributed by atoms with Crippen molar-refractivity contribution in [3.8, 4) is 0 Å². The molecule has 118 valence electrons. The molecule has 0 spiro atoms. The number of nitrogens with one attached hydrogen (secondary N) is 1. The Morgan fingerprint density at radius 1 is 1.14 bits per heavy atom. The van der Waals surface area contributed by atoms with E-state index in [1.165, 1.54) is 5.56 Å². The molecule has 1 aromatic carbocycles. The summed E-state index contributed by atoms with van der Waals surface area (Å²) >= 11 is 0. The summed E-state index contributed by atoms with van der Waals surface area (Å²) in [7, 11) is 0. The zero-order valence-electron chi connectivity index (χ0n) is 14.0. The molecule has 22 heavy (non-hydrogen) atoms. The number of rotatable bonds is 3. The third-order valence-electron chi connectivity index (χ3n) is 6.76. The quantitative estimate of drug-likeness (QED) is 0.918. The molecule has 0 aromatic heterocycles. The van der Waals surface area contributed by atoms with Gasteiger partial charge in [0.25, 0.3) is 0 Å². The van der Waals surface area contributed by atoms with Gasteiger partial charge in [0.05, 0.1) is 5.41 Å². The molecule has 2 atom stereocenters. The lowest BCUT2D eigenvalue weighted by Crippen LogP contribution is -2.43. The molecule has 0 aliphatic heterocycles. The molecule has 3 rings (SSSR count). The summed E-state index contributed by atoms with van der Waals surface area (Å²) in [4.78, 5) is 25.4. The number of amides is 1. The number of fused-ring (bicyclic) bond motifs is 2. The number of Topliss-reactive ketones (excluding diaryl/α,β-unsaturated/α-hetero) is 1. The van der Waals surface area contributed by atoms with Gasteiger partial charge in [-0.1, -0.05) is 39.8 Å². The number of hydrogen-bond donors (Lipinski definition) is 1. The van der Waals surface area contributed by atoms with Crippen LogP contribution in [0, 0.1) is 16.2 Å². The molecule has 2 aliphatic carbocycles. The molecule has 1 N–H and O–H groups in total. The molecule has 1 aromatic rings. The summed E-state index contributed by atoms with van der Waals surface area (Å²) in [6.07, 6.45) is 3.00. The summed E-state index contributed by atoms with van der Waals surface area (Å²) in [5, 5.41) is 3.06. The Kier molecular flexibility index (Phi) is 3.24. The first-order valence-electron chi connectivity index (χ1n) is 8.20. The Morgan fingerprint density at radius 3 is 2.23 bits per heavy atom. The number of hydrogen-bond acceptors (Lipinski definition) is 2. The van der Waals surface area contributed by atoms with Crippen LogP contribution in [-0.4, -0.2) is 11.7 Å². The van der Waals surface area contributed by atoms with Crippen LogP contribution >= 0.6 is 0 Å². The predicted octanol–water partition coefficient (Wildman–Crippen LogP) is 3.97. The number of anilines is 1. The van der Waals surface area contributed by atoms with Crippen molar-refractivity contribution in [2.45, 2.75) is 53.4 Å². The zero-order valence-corrected chi connectivity index (χ0v) is 14.0. The molecule has 2 fully saturated rings. The van der Waals surface area contributed by atoms with E-state index in [4.69, 9.17) is 0 Å². The molecule has 0 radical (unpaired) electrons. The van der Waals surface area contributed by atoms with Gasteiger partial charge in [-0.05, 0) is 42.4 Å². The van der Waals surface area contributed by atoms with Crippen LogP contribution in [0.2, 0.25) is 0 Å². The van der Waals surface area contributed by atoms with Gasteiger partial charge < -0.3 is 5.32 Å². The summed E-state index contributed by atoms with van der Waals surface area (Å²) < 4.78 is 0. The lowest BCUT2D eigenvalue weighted by molar-refractivity contribution is -0.131. The Balaban J connectivity index is 1.87. The molecule has 0 heterocycles. The van der Waals surface area contributed by atoms with E-state index < -0.39 is 5.41 Å². The second-order valence-electron chi connectivity index (χ2n) is 7.64. The molecule has 0 unspecified atom stereocenters. The molecule has 3 heteroatoms. The zero-order chi connectivity index (χ0) is 16.2. The van der Waals surface area contributed by atoms with Gasteiger partial charge in [0.1, 0.15) is 5.78 Å². The second-order valence-corrected chi connectivity index (χ2v) is 7.64. The number of carbonyl (C=O) groups is 2. The van der Waals surface area contributed by atoms with Crippen molar-refractivity contribution in [1.82, 2.24) is 0 Å². The maximum Gasteiger partial charge on any atom is 0.231 e. The minimum Gasteiger partial charge on any atom is -0.326 e. The molecular formula is C19H25NO2. The normalized spacial score (nSPS) is 32.3. The van der Waals surface area contributed by atoms with Crippen molar-refractivity contribution in [3.63, 3.8) is 0 Å². The predicted molar refractivity (Wildman–Crippen MR) is 87.6 cm³/mol. The largest absolute Gasteiger partial charge is 0.326 e. The highest BCUT2D eigenvalue weighted by Gasteiger charge is 2.72. The maximum atomic E-state index is 13.0. The Labute approximate surface area is 132 Å². The van der Waals surface area contributed by atoms with Crippen molar-refractivity contribution in [2.75, 3.05) is 5.32 Å². The van der Waals surface area contributed by atoms with E-state index in [1.54, 1.807) is 0 Å². The SMILES string of the molecule is CCc1ccc(NC(=O)[C@@]23CC[C@@](C)(C(=O)C2)C3(C)C)cc1. The van der Waals surface area contributed by atoms with Crippen LogP contribution in [0.5, 0.6) is 0 Å². The van der Waals surface area contributed by atoms with E-state index in [0.29, 0.717) is 6.42 Å². The van der Waals surface area contributed by atoms with Crippen LogP contribution in [0.25, 0.3) is 0 Å². The monoisotopic (exact) mass is 299 g/mol. The third-order valence-corrected chi connectivity index (χ3v) is 6.76. The fraction of sp³-hybridized carbons (Fsp3) is 0.579. The molecule has 2 saturated carbocycles. The lowest BCUT2D eigenvalue weighted by Gasteiger charge is -2.38. The van der Waals surface area contributed by atoms with Gasteiger partial charge >= 0.3 is 0 Å². The van der Waals surface area contributed by atoms with Crippen molar-refractivity contribution >= 4 is 17.4 Å². The van der Waals surface area contributed by atoms with E-state index in [9.17, 15) is 9.59 Å². The van der Waals surface area contributed by atoms with Crippen LogP contribution in [0.3, 0.4) is 0 Å². The van der Waals surface area contributed by atoms with Crippen LogP contribution in [0.1, 0.15) is 52.5 Å². The van der Waals surface area contributed by atoms with Gasteiger partial charge in [-0.3, -0.25) is 9.59 Å². The Morgan fingerprint density at radius 2 is 1.77 bits per heavy atom. The first kappa shape index (κ1) is 15.3. The average molecular weight is 299 g/mol. The molecule has 2 bridgehead atoms. The highest BCUT2D eigenvalue weighted by Crippen LogP contribution is 2.70. The van der Waals surface area contributed by atoms with Crippen LogP contribution < -0.4 is 5.32 Å². The number of benzene rings is 1. The van der Waals surface area contributed by atoms with Crippen LogP contribution in [-0.2, 0) is 16.0 Å². The molecule has 3 nitrogen and oxygen atoms in total. The third kappa shape index (κ3) is 1.74. The molecule has 1 amide bonds. The highest BCUT2D eigenvalue weighted by molar-refractivity contribution is 6.04. The fourth-order valence-corrected chi connectivity index (χ4v) is 4.44. The van der Waals surface area contributed by atoms with E-state index in [0.717, 1.165) is 24.9 Å². The number of carbonyl (C=O) groups excluding carboxylic acids is 2. The first-order chi connectivity index (χ1) is 10.3. The first-order valence-corrected chi connectivity index (χ1v) is 8.20. The van der Waals surface area contributed by atoms with Crippen molar-refractivity contribution in [1.29, 1.82) is 0 Å². The summed E-state index contributed by atoms with van der Waals surface area (Å²) in [6, 6.07) is 7.98. The van der Waals surface area contributed by atoms with Gasteiger partial charge in [-0.25, -0.2) is 0 Å². The summed E-state index contributed by atoms with van der Waals surface area (Å²) in [5.74, 6) is 0.261. The lowest BCUT2D eigenvalue weighted by atomic mass is 9.64. The van der Waals surface area contributed by atoms with Crippen molar-refractivity contribution < 1.29 is 9.59 Å². The molecule has 2 aliphatic rings. The van der Waals surface area contributed by atoms with Gasteiger partial charge in [-0.2, -0.15) is 0 Å². The topological polar surface area (TPSA) is 46.2 Å².